The molecule has 0 aliphatic rings. The molecule has 7 nitrogen and oxygen atoms in total. The van der Waals surface area contributed by atoms with Gasteiger partial charge in [-0.3, -0.25) is 0 Å². The summed E-state index contributed by atoms with van der Waals surface area (Å²) in [6.07, 6.45) is 2.60. The maximum atomic E-state index is 5.05. The third-order valence-corrected chi connectivity index (χ3v) is 2.91. The van der Waals surface area contributed by atoms with E-state index in [1.165, 1.54) is 0 Å². The van der Waals surface area contributed by atoms with E-state index in [0.717, 1.165) is 50.9 Å². The minimum Gasteiger partial charge on any atom is -0.385 e. The molecule has 1 aromatic heterocycles. The minimum atomic E-state index is 0.509. The molecule has 2 N–H and O–H groups in total. The zero-order valence-electron chi connectivity index (χ0n) is 13.3. The van der Waals surface area contributed by atoms with Crippen molar-refractivity contribution in [2.24, 2.45) is 4.99 Å². The maximum absolute atomic E-state index is 5.05. The van der Waals surface area contributed by atoms with Gasteiger partial charge in [0.15, 0.2) is 5.96 Å². The number of nitrogens with zero attached hydrogens (tertiary/aromatic N) is 3. The average Bonchev–Trinajstić information content (AvgIpc) is 2.98. The first-order valence-electron chi connectivity index (χ1n) is 7.35. The fourth-order valence-electron chi connectivity index (χ4n) is 1.78. The lowest BCUT2D eigenvalue weighted by Crippen LogP contribution is -2.41. The van der Waals surface area contributed by atoms with Crippen molar-refractivity contribution in [1.29, 1.82) is 0 Å². The zero-order chi connectivity index (χ0) is 15.3. The van der Waals surface area contributed by atoms with Gasteiger partial charge in [-0.05, 0) is 20.4 Å². The van der Waals surface area contributed by atoms with E-state index < -0.39 is 0 Å². The van der Waals surface area contributed by atoms with Gasteiger partial charge in [0.2, 0.25) is 0 Å². The molecule has 1 heterocycles. The average molecular weight is 297 g/mol. The number of nitrogens with one attached hydrogen (secondary N) is 2. The first-order chi connectivity index (χ1) is 10.3. The molecule has 1 rings (SSSR count). The number of rotatable bonds is 10. The van der Waals surface area contributed by atoms with Crippen molar-refractivity contribution < 1.29 is 9.26 Å². The number of likely N-dealkylation sites (N-methyl/N-ethyl adjacent to an activating group) is 1. The third kappa shape index (κ3) is 8.31. The summed E-state index contributed by atoms with van der Waals surface area (Å²) in [6, 6.07) is 1.82. The van der Waals surface area contributed by atoms with Crippen molar-refractivity contribution in [2.45, 2.75) is 19.9 Å². The highest BCUT2D eigenvalue weighted by atomic mass is 16.5. The van der Waals surface area contributed by atoms with Gasteiger partial charge >= 0.3 is 0 Å². The van der Waals surface area contributed by atoms with E-state index >= 15 is 0 Å². The summed E-state index contributed by atoms with van der Waals surface area (Å²) < 4.78 is 9.84. The Morgan fingerprint density at radius 3 is 2.95 bits per heavy atom. The Morgan fingerprint density at radius 2 is 2.29 bits per heavy atom. The van der Waals surface area contributed by atoms with E-state index in [0.29, 0.717) is 6.54 Å². The van der Waals surface area contributed by atoms with Crippen LogP contribution in [0.3, 0.4) is 0 Å². The van der Waals surface area contributed by atoms with Gasteiger partial charge < -0.3 is 24.8 Å². The van der Waals surface area contributed by atoms with Gasteiger partial charge in [-0.2, -0.15) is 0 Å². The van der Waals surface area contributed by atoms with Crippen LogP contribution in [-0.2, 0) is 11.3 Å². The molecule has 120 valence electrons. The van der Waals surface area contributed by atoms with Crippen molar-refractivity contribution >= 4 is 5.96 Å². The number of hydrogen-bond acceptors (Lipinski definition) is 5. The summed E-state index contributed by atoms with van der Waals surface area (Å²) in [5, 5.41) is 10.4. The molecule has 21 heavy (non-hydrogen) atoms. The molecule has 0 unspecified atom stereocenters. The number of guanidine groups is 1. The van der Waals surface area contributed by atoms with Crippen LogP contribution in [0.1, 0.15) is 19.0 Å². The van der Waals surface area contributed by atoms with Crippen LogP contribution in [-0.4, -0.2) is 63.0 Å². The molecule has 0 saturated carbocycles. The smallest absolute Gasteiger partial charge is 0.191 e. The lowest BCUT2D eigenvalue weighted by molar-refractivity contribution is 0.180. The fourth-order valence-corrected chi connectivity index (χ4v) is 1.78. The van der Waals surface area contributed by atoms with Gasteiger partial charge in [0, 0.05) is 46.0 Å². The van der Waals surface area contributed by atoms with Crippen molar-refractivity contribution in [3.8, 4) is 0 Å². The predicted octanol–water partition coefficient (Wildman–Crippen LogP) is 0.698. The Kier molecular flexibility index (Phi) is 9.23. The molecule has 0 bridgehead atoms. The second kappa shape index (κ2) is 11.1. The van der Waals surface area contributed by atoms with E-state index in [-0.39, 0.29) is 0 Å². The molecule has 7 heteroatoms. The standard InChI is InChI=1S/C14H27N5O2/c1-4-15-14(17-12-13-6-11-21-18-13)16-7-9-19(2)8-5-10-20-3/h6,11H,4-5,7-10,12H2,1-3H3,(H2,15,16,17). The number of aromatic nitrogens is 1. The summed E-state index contributed by atoms with van der Waals surface area (Å²) >= 11 is 0. The van der Waals surface area contributed by atoms with E-state index in [4.69, 9.17) is 9.26 Å². The van der Waals surface area contributed by atoms with Crippen molar-refractivity contribution in [2.75, 3.05) is 46.9 Å². The minimum absolute atomic E-state index is 0.509. The van der Waals surface area contributed by atoms with Crippen LogP contribution in [0.15, 0.2) is 21.8 Å². The summed E-state index contributed by atoms with van der Waals surface area (Å²) in [6.45, 7) is 7.02. The quantitative estimate of drug-likeness (QED) is 0.376. The molecule has 1 aromatic rings. The molecule has 0 radical (unpaired) electrons. The van der Waals surface area contributed by atoms with Crippen LogP contribution in [0.25, 0.3) is 0 Å². The Morgan fingerprint density at radius 1 is 1.43 bits per heavy atom. The summed E-state index contributed by atoms with van der Waals surface area (Å²) in [5.74, 6) is 0.797. The Hall–Kier alpha value is -1.60. The summed E-state index contributed by atoms with van der Waals surface area (Å²) in [4.78, 5) is 6.73. The van der Waals surface area contributed by atoms with Gasteiger partial charge in [0.05, 0.1) is 6.54 Å². The second-order valence-electron chi connectivity index (χ2n) is 4.76. The molecule has 0 amide bonds. The van der Waals surface area contributed by atoms with Gasteiger partial charge in [0.1, 0.15) is 12.0 Å². The molecular weight excluding hydrogens is 270 g/mol. The second-order valence-corrected chi connectivity index (χ2v) is 4.76. The van der Waals surface area contributed by atoms with Crippen LogP contribution in [0, 0.1) is 0 Å². The highest BCUT2D eigenvalue weighted by Crippen LogP contribution is 1.96. The van der Waals surface area contributed by atoms with E-state index in [1.54, 1.807) is 13.4 Å². The Balaban J connectivity index is 2.25. The van der Waals surface area contributed by atoms with E-state index in [2.05, 4.69) is 32.7 Å². The van der Waals surface area contributed by atoms with Gasteiger partial charge in [-0.25, -0.2) is 4.99 Å². The third-order valence-electron chi connectivity index (χ3n) is 2.91. The maximum Gasteiger partial charge on any atom is 0.191 e. The largest absolute Gasteiger partial charge is 0.385 e. The monoisotopic (exact) mass is 297 g/mol. The number of aliphatic imine (C=N–C) groups is 1. The van der Waals surface area contributed by atoms with E-state index in [9.17, 15) is 0 Å². The topological polar surface area (TPSA) is 74.9 Å². The van der Waals surface area contributed by atoms with Crippen LogP contribution in [0.4, 0.5) is 0 Å². The van der Waals surface area contributed by atoms with Crippen LogP contribution in [0.2, 0.25) is 0 Å². The molecule has 0 aliphatic carbocycles. The van der Waals surface area contributed by atoms with Crippen molar-refractivity contribution in [1.82, 2.24) is 20.7 Å². The molecule has 0 fully saturated rings. The molecule has 0 spiro atoms. The zero-order valence-corrected chi connectivity index (χ0v) is 13.3. The molecule has 0 aromatic carbocycles. The SMILES string of the molecule is CCNC(=NCc1ccon1)NCCN(C)CCCOC. The number of hydrogen-bond donors (Lipinski definition) is 2. The number of methoxy groups -OCH3 is 1. The molecule has 0 aliphatic heterocycles. The van der Waals surface area contributed by atoms with Crippen molar-refractivity contribution in [3.05, 3.63) is 18.0 Å². The summed E-state index contributed by atoms with van der Waals surface area (Å²) in [5.41, 5.74) is 0.823. The van der Waals surface area contributed by atoms with Gasteiger partial charge in [-0.1, -0.05) is 5.16 Å². The van der Waals surface area contributed by atoms with Crippen LogP contribution >= 0.6 is 0 Å². The molecular formula is C14H27N5O2. The van der Waals surface area contributed by atoms with Gasteiger partial charge in [-0.15, -0.1) is 0 Å². The van der Waals surface area contributed by atoms with Gasteiger partial charge in [0.25, 0.3) is 0 Å². The Labute approximate surface area is 126 Å². The molecule has 0 saturated heterocycles. The Bertz CT molecular complexity index is 381. The highest BCUT2D eigenvalue weighted by molar-refractivity contribution is 5.79. The lowest BCUT2D eigenvalue weighted by Gasteiger charge is -2.18. The molecule has 0 atom stereocenters. The normalized spacial score (nSPS) is 11.9. The van der Waals surface area contributed by atoms with Crippen LogP contribution < -0.4 is 10.6 Å². The van der Waals surface area contributed by atoms with Crippen molar-refractivity contribution in [3.63, 3.8) is 0 Å². The first-order valence-corrected chi connectivity index (χ1v) is 7.35. The highest BCUT2D eigenvalue weighted by Gasteiger charge is 2.01. The fraction of sp³-hybridized carbons (Fsp3) is 0.714. The van der Waals surface area contributed by atoms with E-state index in [1.807, 2.05) is 13.0 Å². The van der Waals surface area contributed by atoms with Crippen LogP contribution in [0.5, 0.6) is 0 Å². The summed E-state index contributed by atoms with van der Waals surface area (Å²) in [7, 11) is 3.84. The number of ether oxygens (including phenoxy) is 1. The predicted molar refractivity (Wildman–Crippen MR) is 83.3 cm³/mol. The first kappa shape index (κ1) is 17.5. The lowest BCUT2D eigenvalue weighted by atomic mass is 10.4.